The van der Waals surface area contributed by atoms with E-state index in [4.69, 9.17) is 24.3 Å². The van der Waals surface area contributed by atoms with Gasteiger partial charge in [-0.3, -0.25) is 13.9 Å². The maximum absolute atomic E-state index is 15.0. The van der Waals surface area contributed by atoms with E-state index < -0.39 is 74.2 Å². The Balaban J connectivity index is 1.60. The molecule has 0 amide bonds. The number of ether oxygens (including phenoxy) is 2. The average Bonchev–Trinajstić information content (AvgIpc) is 3.13. The predicted molar refractivity (Wildman–Crippen MR) is 140 cm³/mol. The van der Waals surface area contributed by atoms with Crippen molar-refractivity contribution in [3.05, 3.63) is 65.0 Å². The lowest BCUT2D eigenvalue weighted by atomic mass is 10.1. The molecule has 1 aliphatic rings. The maximum Gasteiger partial charge on any atom is 0.459 e. The number of alkyl halides is 2. The first-order valence-corrected chi connectivity index (χ1v) is 13.9. The Hall–Kier alpha value is -3.49. The summed E-state index contributed by atoms with van der Waals surface area (Å²) in [6.45, 7) is 3.58. The van der Waals surface area contributed by atoms with Crippen LogP contribution in [0.3, 0.4) is 0 Å². The fourth-order valence-corrected chi connectivity index (χ4v) is 5.54. The third-order valence-electron chi connectivity index (χ3n) is 6.00. The summed E-state index contributed by atoms with van der Waals surface area (Å²) in [6, 6.07) is 10.5. The molecule has 0 aliphatic carbocycles. The zero-order valence-electron chi connectivity index (χ0n) is 22.1. The number of nitrogens with zero attached hydrogens (tertiary/aromatic N) is 2. The minimum absolute atomic E-state index is 0.0782. The van der Waals surface area contributed by atoms with E-state index in [1.54, 1.807) is 50.2 Å². The number of nitrogen functional groups attached to an aromatic ring is 1. The van der Waals surface area contributed by atoms with E-state index in [0.29, 0.717) is 11.6 Å². The number of nitrogens with one attached hydrogen (secondary N) is 1. The molecule has 4 N–H and O–H groups in total. The molecule has 0 saturated carbocycles. The van der Waals surface area contributed by atoms with E-state index in [2.05, 4.69) is 10.1 Å². The van der Waals surface area contributed by atoms with Gasteiger partial charge < -0.3 is 24.8 Å². The topological polar surface area (TPSA) is 164 Å². The molecule has 2 heterocycles. The van der Waals surface area contributed by atoms with Crippen molar-refractivity contribution in [2.75, 3.05) is 12.3 Å². The van der Waals surface area contributed by atoms with Crippen LogP contribution in [0.2, 0.25) is 0 Å². The van der Waals surface area contributed by atoms with Crippen LogP contribution in [0.15, 0.2) is 53.5 Å². The van der Waals surface area contributed by atoms with Gasteiger partial charge in [0.1, 0.15) is 17.9 Å². The largest absolute Gasteiger partial charge is 0.462 e. The Morgan fingerprint density at radius 2 is 1.93 bits per heavy atom. The summed E-state index contributed by atoms with van der Waals surface area (Å²) in [4.78, 5) is 27.7. The number of nitrogens with two attached hydrogens (primary N) is 1. The van der Waals surface area contributed by atoms with Crippen molar-refractivity contribution in [1.29, 1.82) is 0 Å². The summed E-state index contributed by atoms with van der Waals surface area (Å²) in [5.74, 6) is -6.93. The summed E-state index contributed by atoms with van der Waals surface area (Å²) in [7, 11) is -4.58. The minimum atomic E-state index is -4.58. The maximum atomic E-state index is 15.0. The molecule has 16 heteroatoms. The lowest BCUT2D eigenvalue weighted by Gasteiger charge is -2.25. The highest BCUT2D eigenvalue weighted by atomic mass is 31.2. The van der Waals surface area contributed by atoms with Crippen LogP contribution in [0.4, 0.5) is 19.0 Å². The van der Waals surface area contributed by atoms with Gasteiger partial charge in [0.05, 0.1) is 18.9 Å². The monoisotopic (exact) mass is 600 g/mol. The fourth-order valence-electron chi connectivity index (χ4n) is 4.02. The van der Waals surface area contributed by atoms with Gasteiger partial charge in [-0.25, -0.2) is 13.8 Å². The molecule has 2 aromatic carbocycles. The highest BCUT2D eigenvalue weighted by Gasteiger charge is 2.60. The normalized spacial score (nSPS) is 22.4. The van der Waals surface area contributed by atoms with E-state index in [1.807, 2.05) is 0 Å². The van der Waals surface area contributed by atoms with Gasteiger partial charge in [0.2, 0.25) is 6.23 Å². The molecule has 0 radical (unpaired) electrons. The number of esters is 1. The molecule has 1 unspecified atom stereocenters. The second-order valence-electron chi connectivity index (χ2n) is 9.51. The summed E-state index contributed by atoms with van der Waals surface area (Å²) in [5.41, 5.74) is 3.85. The second kappa shape index (κ2) is 11.8. The molecule has 1 aromatic heterocycles. The molecule has 41 heavy (non-hydrogen) atoms. The van der Waals surface area contributed by atoms with Gasteiger partial charge in [-0.05, 0) is 32.2 Å². The van der Waals surface area contributed by atoms with Crippen molar-refractivity contribution in [2.45, 2.75) is 57.3 Å². The number of hydrogen-bond acceptors (Lipinski definition) is 10. The van der Waals surface area contributed by atoms with Crippen LogP contribution >= 0.6 is 7.75 Å². The van der Waals surface area contributed by atoms with Crippen LogP contribution in [0.25, 0.3) is 10.8 Å². The van der Waals surface area contributed by atoms with E-state index in [-0.39, 0.29) is 10.3 Å². The first-order chi connectivity index (χ1) is 19.2. The van der Waals surface area contributed by atoms with Crippen LogP contribution in [-0.4, -0.2) is 57.5 Å². The molecule has 12 nitrogen and oxygen atoms in total. The smallest absolute Gasteiger partial charge is 0.459 e. The molecule has 4 rings (SSSR count). The molecule has 0 bridgehead atoms. The summed E-state index contributed by atoms with van der Waals surface area (Å²) in [5, 5.41) is 14.0. The van der Waals surface area contributed by atoms with Gasteiger partial charge in [-0.1, -0.05) is 36.4 Å². The highest BCUT2D eigenvalue weighted by Crippen LogP contribution is 2.49. The van der Waals surface area contributed by atoms with Crippen LogP contribution < -0.4 is 21.0 Å². The first kappa shape index (κ1) is 30.5. The van der Waals surface area contributed by atoms with Gasteiger partial charge in [-0.2, -0.15) is 18.9 Å². The van der Waals surface area contributed by atoms with E-state index in [1.165, 1.54) is 13.0 Å². The van der Waals surface area contributed by atoms with Crippen molar-refractivity contribution in [1.82, 2.24) is 14.6 Å². The summed E-state index contributed by atoms with van der Waals surface area (Å²) < 4.78 is 79.3. The van der Waals surface area contributed by atoms with Gasteiger partial charge in [0.15, 0.2) is 17.7 Å². The summed E-state index contributed by atoms with van der Waals surface area (Å²) in [6.07, 6.45) is -7.09. The lowest BCUT2D eigenvalue weighted by Crippen LogP contribution is -2.42. The molecule has 3 aromatic rings. The van der Waals surface area contributed by atoms with Crippen LogP contribution in [0.5, 0.6) is 5.75 Å². The van der Waals surface area contributed by atoms with Crippen LogP contribution in [0.1, 0.15) is 27.0 Å². The second-order valence-corrected chi connectivity index (χ2v) is 11.2. The molecule has 1 aliphatic heterocycles. The fraction of sp³-hybridized carbons (Fsp3) is 0.400. The highest BCUT2D eigenvalue weighted by molar-refractivity contribution is 7.52. The quantitative estimate of drug-likeness (QED) is 0.231. The van der Waals surface area contributed by atoms with Crippen molar-refractivity contribution < 1.29 is 46.2 Å². The zero-order chi connectivity index (χ0) is 30.1. The first-order valence-electron chi connectivity index (χ1n) is 12.4. The molecule has 1 fully saturated rings. The molecular formula is C25H28F3N4O8P. The molecule has 0 spiro atoms. The molecular weight excluding hydrogens is 572 g/mol. The number of anilines is 1. The summed E-state index contributed by atoms with van der Waals surface area (Å²) >= 11 is 0. The standard InChI is InChI=1S/C25H28F3N4O8P/c1-13(2)38-22(34)14(3)31-41(36,40-18-10-6-8-15-7-4-5-9-16(15)18)37-12-19-20(33)25(27,28)23(39-19)32-11-17(26)21(29)30-24(32)35/h4-11,13-14,19-20,23,33H,12H2,1-3H3,(H,31,36)(H2,29,30,35)/t14-,19+,20+,23+,41?/m0/s1. The number of aliphatic hydroxyl groups excluding tert-OH is 1. The van der Waals surface area contributed by atoms with Crippen LogP contribution in [0, 0.1) is 5.82 Å². The third-order valence-corrected chi connectivity index (χ3v) is 7.63. The van der Waals surface area contributed by atoms with Gasteiger partial charge in [-0.15, -0.1) is 0 Å². The van der Waals surface area contributed by atoms with Gasteiger partial charge >= 0.3 is 25.3 Å². The van der Waals surface area contributed by atoms with E-state index in [0.717, 1.165) is 5.39 Å². The SMILES string of the molecule is CC(C)OC(=O)[C@H](C)NP(=O)(OC[C@H]1O[C@@H](n2cc(F)c(N)nc2=O)C(F)(F)[C@@H]1O)Oc1cccc2ccccc12. The van der Waals surface area contributed by atoms with Crippen molar-refractivity contribution in [3.8, 4) is 5.75 Å². The van der Waals surface area contributed by atoms with E-state index in [9.17, 15) is 32.4 Å². The number of aliphatic hydroxyl groups is 1. The van der Waals surface area contributed by atoms with Gasteiger partial charge in [0, 0.05) is 5.39 Å². The van der Waals surface area contributed by atoms with Crippen molar-refractivity contribution >= 4 is 30.3 Å². The average molecular weight is 600 g/mol. The number of carbonyl (C=O) groups is 1. The third kappa shape index (κ3) is 6.54. The molecule has 1 saturated heterocycles. The van der Waals surface area contributed by atoms with Crippen molar-refractivity contribution in [2.24, 2.45) is 0 Å². The van der Waals surface area contributed by atoms with Gasteiger partial charge in [0.25, 0.3) is 0 Å². The van der Waals surface area contributed by atoms with Crippen LogP contribution in [-0.2, 0) is 23.4 Å². The zero-order valence-corrected chi connectivity index (χ0v) is 23.0. The number of fused-ring (bicyclic) bond motifs is 1. The number of carbonyl (C=O) groups excluding carboxylic acids is 1. The number of hydrogen-bond donors (Lipinski definition) is 3. The number of aromatic nitrogens is 2. The molecule has 222 valence electrons. The number of halogens is 3. The minimum Gasteiger partial charge on any atom is -0.462 e. The Labute approximate surface area is 231 Å². The predicted octanol–water partition coefficient (Wildman–Crippen LogP) is 3.14. The Morgan fingerprint density at radius 1 is 1.24 bits per heavy atom. The number of rotatable bonds is 10. The van der Waals surface area contributed by atoms with Crippen molar-refractivity contribution in [3.63, 3.8) is 0 Å². The number of benzene rings is 2. The van der Waals surface area contributed by atoms with E-state index >= 15 is 0 Å². The lowest BCUT2D eigenvalue weighted by molar-refractivity contribution is -0.149. The Kier molecular flexibility index (Phi) is 8.76. The Morgan fingerprint density at radius 3 is 2.63 bits per heavy atom. The molecule has 5 atom stereocenters. The Bertz CT molecular complexity index is 1530.